The molecular formula is C62H57IrN5O-2. The van der Waals surface area contributed by atoms with Gasteiger partial charge < -0.3 is 13.6 Å². The molecule has 0 bridgehead atoms. The molecule has 4 aromatic heterocycles. The van der Waals surface area contributed by atoms with Crippen molar-refractivity contribution in [2.45, 2.75) is 85.6 Å². The number of fused-ring (bicyclic) bond motifs is 5. The second kappa shape index (κ2) is 19.6. The van der Waals surface area contributed by atoms with Crippen molar-refractivity contribution in [2.24, 2.45) is 0 Å². The summed E-state index contributed by atoms with van der Waals surface area (Å²) in [6.45, 7) is -2.95. The van der Waals surface area contributed by atoms with Crippen LogP contribution in [0.1, 0.15) is 126 Å². The van der Waals surface area contributed by atoms with Gasteiger partial charge in [-0.2, -0.15) is 0 Å². The summed E-state index contributed by atoms with van der Waals surface area (Å²) in [5.74, 6) is -5.31. The first-order chi connectivity index (χ1) is 38.6. The number of nitrogens with zero attached hydrogens (tertiary/aromatic N) is 5. The topological polar surface area (TPSA) is 61.7 Å². The Morgan fingerprint density at radius 1 is 0.536 bits per heavy atom. The Bertz CT molecular complexity index is 4070. The predicted octanol–water partition coefficient (Wildman–Crippen LogP) is 16.7. The van der Waals surface area contributed by atoms with E-state index in [0.717, 1.165) is 62.7 Å². The zero-order valence-corrected chi connectivity index (χ0v) is 41.0. The molecule has 0 fully saturated rings. The fraction of sp³-hybridized carbons (Fsp3) is 0.210. The molecule has 0 N–H and O–H groups in total. The van der Waals surface area contributed by atoms with Crippen LogP contribution < -0.4 is 0 Å². The molecule has 0 saturated heterocycles. The van der Waals surface area contributed by atoms with E-state index in [1.165, 1.54) is 32.5 Å². The van der Waals surface area contributed by atoms with Gasteiger partial charge in [-0.3, -0.25) is 9.97 Å². The first-order valence-electron chi connectivity index (χ1n) is 29.6. The molecule has 0 saturated carbocycles. The minimum absolute atomic E-state index is 0. The van der Waals surface area contributed by atoms with Crippen LogP contribution in [0.4, 0.5) is 0 Å². The van der Waals surface area contributed by atoms with E-state index in [1.807, 2.05) is 25.1 Å². The molecule has 0 aliphatic carbocycles. The second-order valence-electron chi connectivity index (χ2n) is 17.4. The number of hydrogen-bond donors (Lipinski definition) is 0. The average Bonchev–Trinajstić information content (AvgIpc) is 3.74. The summed E-state index contributed by atoms with van der Waals surface area (Å²) in [5, 5.41) is 2.02. The van der Waals surface area contributed by atoms with Crippen molar-refractivity contribution in [3.05, 3.63) is 198 Å². The van der Waals surface area contributed by atoms with E-state index in [-0.39, 0.29) is 31.4 Å². The van der Waals surface area contributed by atoms with E-state index in [1.54, 1.807) is 48.5 Å². The molecule has 0 aliphatic heterocycles. The Balaban J connectivity index is 0.000000197. The molecule has 7 heteroatoms. The summed E-state index contributed by atoms with van der Waals surface area (Å²) in [7, 11) is 0. The molecule has 0 amide bonds. The molecule has 0 unspecified atom stereocenters. The van der Waals surface area contributed by atoms with Crippen molar-refractivity contribution in [3.63, 3.8) is 0 Å². The molecular weight excluding hydrogens is 1020 g/mol. The average molecular weight is 1090 g/mol. The molecule has 1 radical (unpaired) electrons. The molecule has 7 aromatic carbocycles. The van der Waals surface area contributed by atoms with Crippen molar-refractivity contribution >= 4 is 44.1 Å². The molecule has 0 atom stereocenters. The maximum Gasteiger partial charge on any atom is 0.216 e. The number of hydrogen-bond acceptors (Lipinski definition) is 4. The number of imidazole rings is 2. The first kappa shape index (κ1) is 32.8. The van der Waals surface area contributed by atoms with Crippen LogP contribution in [-0.2, 0) is 20.1 Å². The largest absolute Gasteiger partial charge is 0.486 e. The van der Waals surface area contributed by atoms with Gasteiger partial charge in [0.1, 0.15) is 0 Å². The molecule has 4 heterocycles. The summed E-state index contributed by atoms with van der Waals surface area (Å²) < 4.78 is 126. The molecule has 347 valence electrons. The van der Waals surface area contributed by atoms with Gasteiger partial charge in [-0.1, -0.05) is 139 Å². The SMILES string of the molecule is Cc1ccc2c(n1)oc1c(-c3nc4ccccc4n3-c3c(C(C)C)cc(-c4ccccc4)cc3C(C)C)[c-]ccc12.[2H]C([2H])([2H])C([2H])(c1cccc(C([2H])(C([2H])([2H])[2H])C([2H])([2H])[2H])c1-n1c(-c2[c-]cccc2)nc2ccccc21)C([2H])([2H])[2H].[Ir]. The number of benzene rings is 7. The van der Waals surface area contributed by atoms with E-state index in [2.05, 4.69) is 127 Å². The summed E-state index contributed by atoms with van der Waals surface area (Å²) in [6.07, 6.45) is 0. The number of furan rings is 1. The maximum atomic E-state index is 9.00. The summed E-state index contributed by atoms with van der Waals surface area (Å²) in [5.41, 5.74) is 10.3. The van der Waals surface area contributed by atoms with Gasteiger partial charge >= 0.3 is 0 Å². The van der Waals surface area contributed by atoms with Gasteiger partial charge in [0.15, 0.2) is 0 Å². The first-order valence-corrected chi connectivity index (χ1v) is 22.6. The van der Waals surface area contributed by atoms with Gasteiger partial charge in [0, 0.05) is 61.8 Å². The Kier molecular flexibility index (Phi) is 9.30. The third-order valence-electron chi connectivity index (χ3n) is 12.3. The van der Waals surface area contributed by atoms with Crippen LogP contribution in [-0.4, -0.2) is 24.1 Å². The van der Waals surface area contributed by atoms with E-state index in [4.69, 9.17) is 28.6 Å². The number of rotatable bonds is 9. The quantitative estimate of drug-likeness (QED) is 0.135. The molecule has 11 rings (SSSR count). The van der Waals surface area contributed by atoms with Gasteiger partial charge in [0.25, 0.3) is 0 Å². The third-order valence-corrected chi connectivity index (χ3v) is 12.3. The van der Waals surface area contributed by atoms with Crippen LogP contribution in [0.2, 0.25) is 0 Å². The van der Waals surface area contributed by atoms with Crippen LogP contribution in [0.5, 0.6) is 0 Å². The van der Waals surface area contributed by atoms with Crippen LogP contribution in [0, 0.1) is 19.1 Å². The number of pyridine rings is 1. The zero-order valence-electron chi connectivity index (χ0n) is 52.6. The van der Waals surface area contributed by atoms with Crippen LogP contribution in [0.15, 0.2) is 162 Å². The van der Waals surface area contributed by atoms with Gasteiger partial charge in [-0.15, -0.1) is 54.1 Å². The number of aromatic nitrogens is 5. The van der Waals surface area contributed by atoms with E-state index >= 15 is 0 Å². The van der Waals surface area contributed by atoms with Gasteiger partial charge in [0.05, 0.1) is 39.3 Å². The monoisotopic (exact) mass is 1090 g/mol. The second-order valence-corrected chi connectivity index (χ2v) is 17.4. The van der Waals surface area contributed by atoms with Gasteiger partial charge in [-0.05, 0) is 112 Å². The summed E-state index contributed by atoms with van der Waals surface area (Å²) in [4.78, 5) is 14.5. The van der Waals surface area contributed by atoms with Crippen molar-refractivity contribution < 1.29 is 43.7 Å². The summed E-state index contributed by atoms with van der Waals surface area (Å²) in [6, 6.07) is 54.4. The van der Waals surface area contributed by atoms with E-state index < -0.39 is 56.0 Å². The van der Waals surface area contributed by atoms with Gasteiger partial charge in [0.2, 0.25) is 5.71 Å². The van der Waals surface area contributed by atoms with Crippen LogP contribution in [0.25, 0.3) is 89.4 Å². The van der Waals surface area contributed by atoms with Crippen molar-refractivity contribution in [1.29, 1.82) is 0 Å². The minimum Gasteiger partial charge on any atom is -0.486 e. The normalized spacial score (nSPS) is 15.7. The Labute approximate surface area is 439 Å². The van der Waals surface area contributed by atoms with Crippen molar-refractivity contribution in [3.8, 4) is 45.3 Å². The Morgan fingerprint density at radius 3 is 1.72 bits per heavy atom. The van der Waals surface area contributed by atoms with E-state index in [0.29, 0.717) is 28.6 Å². The Hall–Kier alpha value is -6.92. The molecule has 6 nitrogen and oxygen atoms in total. The minimum atomic E-state index is -3.51. The molecule has 11 aromatic rings. The standard InChI is InChI=1S/C37H32N3O.C25H25N2.Ir/c1-22(2)30-20-26(25-12-7-6-8-13-25)21-31(23(3)4)34(30)40-33-17-10-9-16-32(33)39-36(40)29-15-11-14-27-28-19-18-24(5)38-37(28)41-35(27)29;1-17(2)20-13-10-14-21(18(3)4)24(20)27-23-16-9-8-15-22(23)26-25(27)19-11-6-5-7-12-19;/h6-14,16-23H,1-5H3;5-11,13-18H,1-4H3;/q2*-1;/i;1D3,2D3,3D3,4D3,17D,18D;. The third kappa shape index (κ3) is 8.75. The van der Waals surface area contributed by atoms with Crippen molar-refractivity contribution in [2.75, 3.05) is 0 Å². The van der Waals surface area contributed by atoms with Crippen molar-refractivity contribution in [1.82, 2.24) is 24.1 Å². The number of para-hydroxylation sites is 5. The van der Waals surface area contributed by atoms with E-state index in [9.17, 15) is 0 Å². The summed E-state index contributed by atoms with van der Waals surface area (Å²) >= 11 is 0. The maximum absolute atomic E-state index is 9.00. The Morgan fingerprint density at radius 2 is 1.12 bits per heavy atom. The van der Waals surface area contributed by atoms with Gasteiger partial charge in [-0.25, -0.2) is 4.98 Å². The fourth-order valence-corrected chi connectivity index (χ4v) is 9.07. The molecule has 0 aliphatic rings. The zero-order chi connectivity index (χ0) is 59.1. The predicted molar refractivity (Wildman–Crippen MR) is 282 cm³/mol. The van der Waals surface area contributed by atoms with Crippen LogP contribution >= 0.6 is 0 Å². The smallest absolute Gasteiger partial charge is 0.216 e. The molecule has 69 heavy (non-hydrogen) atoms. The van der Waals surface area contributed by atoms with Crippen LogP contribution in [0.3, 0.4) is 0 Å². The fourth-order valence-electron chi connectivity index (χ4n) is 9.07. The number of aryl methyl sites for hydroxylation is 1. The molecule has 0 spiro atoms.